The first-order valence-corrected chi connectivity index (χ1v) is 11.6. The largest absolute Gasteiger partial charge is 0.515 e. The van der Waals surface area contributed by atoms with E-state index in [9.17, 15) is 0 Å². The number of rotatable bonds is 1. The van der Waals surface area contributed by atoms with Crippen LogP contribution in [0.4, 0.5) is 0 Å². The third-order valence-corrected chi connectivity index (χ3v) is 8.00. The predicted octanol–water partition coefficient (Wildman–Crippen LogP) is 3.91. The van der Waals surface area contributed by atoms with E-state index in [4.69, 9.17) is 24.3 Å². The molecule has 0 aromatic carbocycles. The monoisotopic (exact) mass is 446 g/mol. The summed E-state index contributed by atoms with van der Waals surface area (Å²) in [5, 5.41) is 0. The molecule has 1 aliphatic heterocycles. The molecule has 1 saturated heterocycles. The summed E-state index contributed by atoms with van der Waals surface area (Å²) >= 11 is 0. The highest BCUT2D eigenvalue weighted by atomic mass is 16.7. The Morgan fingerprint density at radius 3 is 1.94 bits per heavy atom. The minimum absolute atomic E-state index is 0.462. The minimum atomic E-state index is -0.578. The van der Waals surface area contributed by atoms with Crippen molar-refractivity contribution in [2.24, 2.45) is 0 Å². The summed E-state index contributed by atoms with van der Waals surface area (Å²) in [6, 6.07) is 12.6. The molecular formula is C27H23BN4O2. The van der Waals surface area contributed by atoms with Crippen LogP contribution in [0.3, 0.4) is 0 Å². The van der Waals surface area contributed by atoms with Crippen molar-refractivity contribution in [3.8, 4) is 22.5 Å². The van der Waals surface area contributed by atoms with Crippen LogP contribution in [0.25, 0.3) is 22.5 Å². The van der Waals surface area contributed by atoms with E-state index < -0.39 is 23.7 Å². The van der Waals surface area contributed by atoms with Crippen LogP contribution in [0, 0.1) is 0 Å². The average molecular weight is 446 g/mol. The molecular weight excluding hydrogens is 423 g/mol. The smallest absolute Gasteiger partial charge is 0.398 e. The van der Waals surface area contributed by atoms with Crippen LogP contribution in [-0.4, -0.2) is 38.3 Å². The average Bonchev–Trinajstić information content (AvgIpc) is 3.39. The summed E-state index contributed by atoms with van der Waals surface area (Å²) in [6.07, 6.45) is 9.33. The van der Waals surface area contributed by atoms with Gasteiger partial charge in [-0.25, -0.2) is 0 Å². The first-order valence-electron chi connectivity index (χ1n) is 11.6. The van der Waals surface area contributed by atoms with E-state index in [-0.39, 0.29) is 0 Å². The number of fused-ring (bicyclic) bond motifs is 10. The molecule has 0 unspecified atom stereocenters. The van der Waals surface area contributed by atoms with Gasteiger partial charge in [-0.2, -0.15) is 0 Å². The molecule has 0 atom stereocenters. The summed E-state index contributed by atoms with van der Waals surface area (Å²) in [7, 11) is -0.578. The van der Waals surface area contributed by atoms with Gasteiger partial charge in [0.15, 0.2) is 0 Å². The molecule has 0 N–H and O–H groups in total. The lowest BCUT2D eigenvalue weighted by atomic mass is 9.70. The fourth-order valence-corrected chi connectivity index (χ4v) is 5.79. The van der Waals surface area contributed by atoms with Gasteiger partial charge in [-0.3, -0.25) is 19.9 Å². The second-order valence-electron chi connectivity index (χ2n) is 10.2. The van der Waals surface area contributed by atoms with Gasteiger partial charge in [0.25, 0.3) is 0 Å². The van der Waals surface area contributed by atoms with Crippen LogP contribution in [0.2, 0.25) is 0 Å². The van der Waals surface area contributed by atoms with E-state index in [2.05, 4.69) is 56.9 Å². The van der Waals surface area contributed by atoms with Crippen molar-refractivity contribution in [2.45, 2.75) is 44.3 Å². The SMILES string of the molecule is CC1(C)OB(c2nccc3c2-c2cnccc2C32c3cccnc3-c3ncccc32)OC1(C)C. The molecule has 3 aliphatic rings. The lowest BCUT2D eigenvalue weighted by molar-refractivity contribution is 0.00578. The number of hydrogen-bond acceptors (Lipinski definition) is 6. The fraction of sp³-hybridized carbons (Fsp3) is 0.259. The molecule has 5 heterocycles. The van der Waals surface area contributed by atoms with Crippen molar-refractivity contribution < 1.29 is 9.31 Å². The zero-order chi connectivity index (χ0) is 23.3. The van der Waals surface area contributed by atoms with Gasteiger partial charge in [0.05, 0.1) is 33.6 Å². The molecule has 0 bridgehead atoms. The first-order chi connectivity index (χ1) is 16.4. The lowest BCUT2D eigenvalue weighted by Gasteiger charge is -2.32. The van der Waals surface area contributed by atoms with Crippen LogP contribution in [0.5, 0.6) is 0 Å². The second kappa shape index (κ2) is 6.37. The molecule has 7 heteroatoms. The summed E-state index contributed by atoms with van der Waals surface area (Å²) < 4.78 is 12.9. The van der Waals surface area contributed by atoms with Crippen molar-refractivity contribution in [1.82, 2.24) is 19.9 Å². The second-order valence-corrected chi connectivity index (χ2v) is 10.2. The zero-order valence-electron chi connectivity index (χ0n) is 19.5. The van der Waals surface area contributed by atoms with Gasteiger partial charge in [0.2, 0.25) is 0 Å². The highest BCUT2D eigenvalue weighted by Crippen LogP contribution is 2.61. The molecule has 4 aromatic heterocycles. The predicted molar refractivity (Wildman–Crippen MR) is 130 cm³/mol. The van der Waals surface area contributed by atoms with Gasteiger partial charge >= 0.3 is 7.12 Å². The third kappa shape index (κ3) is 2.24. The van der Waals surface area contributed by atoms with Gasteiger partial charge in [-0.1, -0.05) is 12.1 Å². The quantitative estimate of drug-likeness (QED) is 0.357. The molecule has 4 aromatic rings. The van der Waals surface area contributed by atoms with Crippen molar-refractivity contribution in [1.29, 1.82) is 0 Å². The summed E-state index contributed by atoms with van der Waals surface area (Å²) in [6.45, 7) is 8.25. The third-order valence-electron chi connectivity index (χ3n) is 8.00. The van der Waals surface area contributed by atoms with Crippen LogP contribution >= 0.6 is 0 Å². The fourth-order valence-electron chi connectivity index (χ4n) is 5.79. The minimum Gasteiger partial charge on any atom is -0.398 e. The number of pyridine rings is 4. The summed E-state index contributed by atoms with van der Waals surface area (Å²) in [5.74, 6) is 0. The molecule has 1 spiro atoms. The lowest BCUT2D eigenvalue weighted by Crippen LogP contribution is -2.41. The molecule has 1 fully saturated rings. The molecule has 7 rings (SSSR count). The molecule has 0 amide bonds. The van der Waals surface area contributed by atoms with Crippen molar-refractivity contribution in [2.75, 3.05) is 0 Å². The Bertz CT molecular complexity index is 1440. The van der Waals surface area contributed by atoms with Gasteiger partial charge in [0, 0.05) is 42.1 Å². The Kier molecular flexibility index (Phi) is 3.75. The Hall–Kier alpha value is -3.42. The van der Waals surface area contributed by atoms with E-state index in [0.29, 0.717) is 0 Å². The molecule has 0 radical (unpaired) electrons. The Labute approximate surface area is 198 Å². The van der Waals surface area contributed by atoms with Gasteiger partial charge in [-0.05, 0) is 74.2 Å². The first kappa shape index (κ1) is 20.0. The standard InChI is InChI=1S/C27H23BN4O2/c1-25(2)26(3,4)34-28(33-25)24-21-16-15-29-13-9-17(16)27(18(21)10-14-32-24)19-7-5-11-30-22(19)23-20(27)8-6-12-31-23/h5-15H,1-4H3. The normalized spacial score (nSPS) is 19.6. The van der Waals surface area contributed by atoms with Crippen LogP contribution in [0.1, 0.15) is 49.9 Å². The highest BCUT2D eigenvalue weighted by Gasteiger charge is 2.57. The van der Waals surface area contributed by atoms with Crippen molar-refractivity contribution in [3.05, 3.63) is 89.6 Å². The Morgan fingerprint density at radius 2 is 1.29 bits per heavy atom. The van der Waals surface area contributed by atoms with Gasteiger partial charge in [-0.15, -0.1) is 0 Å². The maximum Gasteiger partial charge on any atom is 0.515 e. The van der Waals surface area contributed by atoms with E-state index >= 15 is 0 Å². The summed E-state index contributed by atoms with van der Waals surface area (Å²) in [4.78, 5) is 18.8. The molecule has 34 heavy (non-hydrogen) atoms. The van der Waals surface area contributed by atoms with E-state index in [1.54, 1.807) is 0 Å². The molecule has 6 nitrogen and oxygen atoms in total. The van der Waals surface area contributed by atoms with Crippen molar-refractivity contribution in [3.63, 3.8) is 0 Å². The number of aromatic nitrogens is 4. The van der Waals surface area contributed by atoms with Gasteiger partial charge in [0.1, 0.15) is 0 Å². The highest BCUT2D eigenvalue weighted by molar-refractivity contribution is 6.63. The topological polar surface area (TPSA) is 70.0 Å². The van der Waals surface area contributed by atoms with Crippen LogP contribution in [-0.2, 0) is 14.7 Å². The molecule has 0 saturated carbocycles. The molecule has 2 aliphatic carbocycles. The van der Waals surface area contributed by atoms with E-state index in [0.717, 1.165) is 50.4 Å². The van der Waals surface area contributed by atoms with Crippen LogP contribution in [0.15, 0.2) is 67.4 Å². The number of nitrogens with zero attached hydrogens (tertiary/aromatic N) is 4. The Balaban J connectivity index is 1.57. The van der Waals surface area contributed by atoms with E-state index in [1.165, 1.54) is 0 Å². The van der Waals surface area contributed by atoms with E-state index in [1.807, 2.05) is 43.1 Å². The number of hydrogen-bond donors (Lipinski definition) is 0. The molecule has 166 valence electrons. The summed E-state index contributed by atoms with van der Waals surface area (Å²) in [5.41, 5.74) is 7.77. The van der Waals surface area contributed by atoms with Gasteiger partial charge < -0.3 is 9.31 Å². The van der Waals surface area contributed by atoms with Crippen LogP contribution < -0.4 is 5.59 Å². The zero-order valence-corrected chi connectivity index (χ0v) is 19.5. The Morgan fingerprint density at radius 1 is 0.676 bits per heavy atom. The van der Waals surface area contributed by atoms with Crippen molar-refractivity contribution >= 4 is 12.7 Å². The maximum absolute atomic E-state index is 6.45. The maximum atomic E-state index is 6.45.